The van der Waals surface area contributed by atoms with Crippen molar-refractivity contribution in [3.8, 4) is 11.5 Å². The van der Waals surface area contributed by atoms with E-state index in [1.807, 2.05) is 42.2 Å². The summed E-state index contributed by atoms with van der Waals surface area (Å²) in [4.78, 5) is 14.2. The Kier molecular flexibility index (Phi) is 8.07. The molecular formula is C21H27FN2O3. The number of benzene rings is 2. The number of amides is 1. The molecule has 0 aromatic heterocycles. The molecule has 0 saturated carbocycles. The Labute approximate surface area is 160 Å². The predicted octanol–water partition coefficient (Wildman–Crippen LogP) is 3.02. The van der Waals surface area contributed by atoms with Gasteiger partial charge in [-0.05, 0) is 42.3 Å². The number of hydrogen-bond acceptors (Lipinski definition) is 4. The molecule has 1 amide bonds. The summed E-state index contributed by atoms with van der Waals surface area (Å²) in [6.45, 7) is 3.96. The summed E-state index contributed by atoms with van der Waals surface area (Å²) in [7, 11) is 3.07. The maximum Gasteiger partial charge on any atom is 0.234 e. The number of nitrogens with zero attached hydrogens (tertiary/aromatic N) is 1. The van der Waals surface area contributed by atoms with E-state index in [2.05, 4.69) is 5.32 Å². The Morgan fingerprint density at radius 3 is 2.52 bits per heavy atom. The van der Waals surface area contributed by atoms with E-state index in [4.69, 9.17) is 9.47 Å². The Hall–Kier alpha value is -2.60. The first-order valence-corrected chi connectivity index (χ1v) is 9.00. The van der Waals surface area contributed by atoms with Crippen molar-refractivity contribution in [1.29, 1.82) is 0 Å². The van der Waals surface area contributed by atoms with Crippen LogP contribution in [0.5, 0.6) is 11.5 Å². The van der Waals surface area contributed by atoms with Gasteiger partial charge in [0, 0.05) is 13.1 Å². The van der Waals surface area contributed by atoms with Crippen molar-refractivity contribution in [3.63, 3.8) is 0 Å². The summed E-state index contributed by atoms with van der Waals surface area (Å²) < 4.78 is 24.1. The Morgan fingerprint density at radius 2 is 1.85 bits per heavy atom. The third kappa shape index (κ3) is 6.25. The number of ether oxygens (including phenoxy) is 2. The molecule has 0 saturated heterocycles. The summed E-state index contributed by atoms with van der Waals surface area (Å²) in [5.41, 5.74) is 1.86. The lowest BCUT2D eigenvalue weighted by Gasteiger charge is -2.20. The van der Waals surface area contributed by atoms with Crippen molar-refractivity contribution < 1.29 is 18.7 Å². The van der Waals surface area contributed by atoms with Crippen LogP contribution < -0.4 is 14.8 Å². The number of para-hydroxylation sites is 1. The zero-order valence-corrected chi connectivity index (χ0v) is 16.1. The number of hydrogen-bond donors (Lipinski definition) is 1. The summed E-state index contributed by atoms with van der Waals surface area (Å²) in [6.07, 6.45) is 0.700. The number of nitrogens with one attached hydrogen (secondary N) is 1. The molecule has 0 atom stereocenters. The molecule has 0 bridgehead atoms. The van der Waals surface area contributed by atoms with Gasteiger partial charge in [-0.3, -0.25) is 9.69 Å². The van der Waals surface area contributed by atoms with Gasteiger partial charge in [-0.25, -0.2) is 4.39 Å². The highest BCUT2D eigenvalue weighted by molar-refractivity contribution is 5.78. The Bertz CT molecular complexity index is 752. The Morgan fingerprint density at radius 1 is 1.11 bits per heavy atom. The van der Waals surface area contributed by atoms with Gasteiger partial charge >= 0.3 is 0 Å². The molecule has 0 unspecified atom stereocenters. The second-order valence-electron chi connectivity index (χ2n) is 6.18. The van der Waals surface area contributed by atoms with Gasteiger partial charge in [-0.1, -0.05) is 31.2 Å². The molecule has 0 radical (unpaired) electrons. The number of carbonyl (C=O) groups excluding carboxylic acids is 1. The molecule has 2 aromatic rings. The van der Waals surface area contributed by atoms with Crippen LogP contribution in [0, 0.1) is 5.82 Å². The van der Waals surface area contributed by atoms with Crippen molar-refractivity contribution in [1.82, 2.24) is 10.2 Å². The highest BCUT2D eigenvalue weighted by atomic mass is 19.1. The van der Waals surface area contributed by atoms with Gasteiger partial charge in [0.2, 0.25) is 5.91 Å². The minimum absolute atomic E-state index is 0.0549. The normalized spacial score (nSPS) is 10.7. The molecular weight excluding hydrogens is 347 g/mol. The van der Waals surface area contributed by atoms with Gasteiger partial charge in [0.1, 0.15) is 5.75 Å². The lowest BCUT2D eigenvalue weighted by Crippen LogP contribution is -2.37. The van der Waals surface area contributed by atoms with Crippen LogP contribution >= 0.6 is 0 Å². The summed E-state index contributed by atoms with van der Waals surface area (Å²) >= 11 is 0. The summed E-state index contributed by atoms with van der Waals surface area (Å²) in [5.74, 6) is 0.590. The first-order chi connectivity index (χ1) is 13.1. The van der Waals surface area contributed by atoms with E-state index in [9.17, 15) is 9.18 Å². The molecule has 0 fully saturated rings. The molecule has 2 aromatic carbocycles. The smallest absolute Gasteiger partial charge is 0.234 e. The van der Waals surface area contributed by atoms with Crippen LogP contribution in [0.25, 0.3) is 0 Å². The second kappa shape index (κ2) is 10.5. The molecule has 146 valence electrons. The van der Waals surface area contributed by atoms with E-state index in [1.54, 1.807) is 13.2 Å². The molecule has 0 aliphatic rings. The van der Waals surface area contributed by atoms with Crippen molar-refractivity contribution in [2.75, 3.05) is 33.9 Å². The Balaban J connectivity index is 1.83. The average molecular weight is 374 g/mol. The molecule has 1 N–H and O–H groups in total. The van der Waals surface area contributed by atoms with E-state index in [0.717, 1.165) is 16.9 Å². The van der Waals surface area contributed by atoms with Gasteiger partial charge in [0.15, 0.2) is 11.6 Å². The highest BCUT2D eigenvalue weighted by Gasteiger charge is 2.11. The number of methoxy groups -OCH3 is 2. The van der Waals surface area contributed by atoms with Gasteiger partial charge in [0.05, 0.1) is 20.8 Å². The lowest BCUT2D eigenvalue weighted by atomic mass is 10.1. The standard InChI is InChI=1S/C21H27FN2O3/c1-4-24(14-16-9-10-20(27-3)18(22)13-16)15-21(25)23-12-11-17-7-5-6-8-19(17)26-2/h5-10,13H,4,11-12,14-15H2,1-3H3,(H,23,25). The van der Waals surface area contributed by atoms with Crippen LogP contribution in [0.1, 0.15) is 18.1 Å². The van der Waals surface area contributed by atoms with Crippen molar-refractivity contribution >= 4 is 5.91 Å². The lowest BCUT2D eigenvalue weighted by molar-refractivity contribution is -0.122. The van der Waals surface area contributed by atoms with Crippen LogP contribution in [0.3, 0.4) is 0 Å². The fourth-order valence-electron chi connectivity index (χ4n) is 2.85. The molecule has 0 spiro atoms. The predicted molar refractivity (Wildman–Crippen MR) is 104 cm³/mol. The fourth-order valence-corrected chi connectivity index (χ4v) is 2.85. The third-order valence-electron chi connectivity index (χ3n) is 4.35. The average Bonchev–Trinajstić information content (AvgIpc) is 2.68. The van der Waals surface area contributed by atoms with Gasteiger partial charge < -0.3 is 14.8 Å². The summed E-state index contributed by atoms with van der Waals surface area (Å²) in [6, 6.07) is 12.6. The number of likely N-dealkylation sites (N-methyl/N-ethyl adjacent to an activating group) is 1. The number of halogens is 1. The van der Waals surface area contributed by atoms with Gasteiger partial charge in [-0.15, -0.1) is 0 Å². The fraction of sp³-hybridized carbons (Fsp3) is 0.381. The number of carbonyl (C=O) groups is 1. The number of rotatable bonds is 10. The maximum atomic E-state index is 13.8. The molecule has 5 nitrogen and oxygen atoms in total. The molecule has 2 rings (SSSR count). The van der Waals surface area contributed by atoms with Crippen LogP contribution in [0.2, 0.25) is 0 Å². The quantitative estimate of drug-likeness (QED) is 0.695. The van der Waals surface area contributed by atoms with Gasteiger partial charge in [-0.2, -0.15) is 0 Å². The molecule has 6 heteroatoms. The van der Waals surface area contributed by atoms with E-state index < -0.39 is 5.82 Å². The minimum atomic E-state index is -0.396. The summed E-state index contributed by atoms with van der Waals surface area (Å²) in [5, 5.41) is 2.93. The van der Waals surface area contributed by atoms with Crippen molar-refractivity contribution in [3.05, 3.63) is 59.4 Å². The van der Waals surface area contributed by atoms with Crippen LogP contribution in [0.4, 0.5) is 4.39 Å². The molecule has 0 aliphatic heterocycles. The highest BCUT2D eigenvalue weighted by Crippen LogP contribution is 2.19. The molecule has 0 aliphatic carbocycles. The van der Waals surface area contributed by atoms with Crippen molar-refractivity contribution in [2.45, 2.75) is 19.9 Å². The van der Waals surface area contributed by atoms with Crippen LogP contribution in [-0.2, 0) is 17.8 Å². The first kappa shape index (κ1) is 20.7. The monoisotopic (exact) mass is 374 g/mol. The maximum absolute atomic E-state index is 13.8. The molecule has 27 heavy (non-hydrogen) atoms. The van der Waals surface area contributed by atoms with E-state index in [1.165, 1.54) is 13.2 Å². The first-order valence-electron chi connectivity index (χ1n) is 9.00. The SMILES string of the molecule is CCN(CC(=O)NCCc1ccccc1OC)Cc1ccc(OC)c(F)c1. The van der Waals surface area contributed by atoms with Crippen LogP contribution in [0.15, 0.2) is 42.5 Å². The van der Waals surface area contributed by atoms with Crippen molar-refractivity contribution in [2.24, 2.45) is 0 Å². The minimum Gasteiger partial charge on any atom is -0.496 e. The second-order valence-corrected chi connectivity index (χ2v) is 6.18. The zero-order valence-electron chi connectivity index (χ0n) is 16.1. The topological polar surface area (TPSA) is 50.8 Å². The van der Waals surface area contributed by atoms with E-state index >= 15 is 0 Å². The zero-order chi connectivity index (χ0) is 19.6. The largest absolute Gasteiger partial charge is 0.496 e. The molecule has 0 heterocycles. The van der Waals surface area contributed by atoms with E-state index in [-0.39, 0.29) is 18.2 Å². The van der Waals surface area contributed by atoms with Crippen LogP contribution in [-0.4, -0.2) is 44.7 Å². The van der Waals surface area contributed by atoms with E-state index in [0.29, 0.717) is 26.1 Å². The third-order valence-corrected chi connectivity index (χ3v) is 4.35. The van der Waals surface area contributed by atoms with Gasteiger partial charge in [0.25, 0.3) is 0 Å².